The van der Waals surface area contributed by atoms with Gasteiger partial charge >= 0.3 is 0 Å². The van der Waals surface area contributed by atoms with E-state index in [-0.39, 0.29) is 11.5 Å². The summed E-state index contributed by atoms with van der Waals surface area (Å²) in [6, 6.07) is 6.97. The number of hydrogen-bond acceptors (Lipinski definition) is 2. The molecule has 0 heterocycles. The van der Waals surface area contributed by atoms with E-state index in [4.69, 9.17) is 39.9 Å². The van der Waals surface area contributed by atoms with E-state index in [0.717, 1.165) is 0 Å². The second kappa shape index (κ2) is 5.58. The fourth-order valence-corrected chi connectivity index (χ4v) is 1.89. The zero-order valence-corrected chi connectivity index (χ0v) is 10.5. The Morgan fingerprint density at radius 3 is 2.24 bits per heavy atom. The van der Waals surface area contributed by atoms with Gasteiger partial charge in [0.25, 0.3) is 0 Å². The molecular weight excluding hydrogens is 259 g/mol. The molecule has 17 heavy (non-hydrogen) atoms. The van der Waals surface area contributed by atoms with Crippen molar-refractivity contribution >= 4 is 34.7 Å². The minimum absolute atomic E-state index is 0.126. The summed E-state index contributed by atoms with van der Waals surface area (Å²) in [4.78, 5) is 3.82. The molecule has 0 aliphatic heterocycles. The highest BCUT2D eigenvalue weighted by molar-refractivity contribution is 6.38. The van der Waals surface area contributed by atoms with E-state index in [1.54, 1.807) is 25.1 Å². The molecule has 0 unspecified atom stereocenters. The predicted octanol–water partition coefficient (Wildman–Crippen LogP) is 2.52. The van der Waals surface area contributed by atoms with Crippen molar-refractivity contribution in [1.29, 1.82) is 5.26 Å². The molecule has 0 atom stereocenters. The predicted molar refractivity (Wildman–Crippen MR) is 70.5 cm³/mol. The first-order chi connectivity index (χ1) is 7.97. The Morgan fingerprint density at radius 2 is 1.82 bits per heavy atom. The Bertz CT molecular complexity index is 517. The van der Waals surface area contributed by atoms with Crippen LogP contribution in [0.1, 0.15) is 12.5 Å². The van der Waals surface area contributed by atoms with Crippen LogP contribution in [-0.4, -0.2) is 5.96 Å². The molecule has 0 amide bonds. The number of aliphatic imine (C=N–C) groups is 1. The van der Waals surface area contributed by atoms with Gasteiger partial charge in [0.1, 0.15) is 6.07 Å². The van der Waals surface area contributed by atoms with Gasteiger partial charge in [-0.1, -0.05) is 29.3 Å². The Labute approximate surface area is 109 Å². The quantitative estimate of drug-likeness (QED) is 0.491. The summed E-state index contributed by atoms with van der Waals surface area (Å²) >= 11 is 12.0. The molecule has 0 spiro atoms. The van der Waals surface area contributed by atoms with E-state index in [0.29, 0.717) is 21.3 Å². The summed E-state index contributed by atoms with van der Waals surface area (Å²) < 4.78 is 0. The van der Waals surface area contributed by atoms with Crippen LogP contribution in [0.2, 0.25) is 10.0 Å². The minimum atomic E-state index is -0.126. The molecule has 6 heteroatoms. The van der Waals surface area contributed by atoms with Crippen molar-refractivity contribution in [2.24, 2.45) is 16.5 Å². The van der Waals surface area contributed by atoms with E-state index in [1.807, 2.05) is 6.07 Å². The molecule has 0 saturated carbocycles. The fraction of sp³-hybridized carbons (Fsp3) is 0.0909. The zero-order chi connectivity index (χ0) is 13.0. The lowest BCUT2D eigenvalue weighted by atomic mass is 10.1. The van der Waals surface area contributed by atoms with E-state index in [9.17, 15) is 0 Å². The molecule has 0 radical (unpaired) electrons. The Kier molecular flexibility index (Phi) is 4.38. The Hall–Kier alpha value is -1.70. The van der Waals surface area contributed by atoms with Gasteiger partial charge in [-0.15, -0.1) is 0 Å². The van der Waals surface area contributed by atoms with Crippen LogP contribution in [0.5, 0.6) is 0 Å². The Morgan fingerprint density at radius 1 is 1.29 bits per heavy atom. The lowest BCUT2D eigenvalue weighted by Gasteiger charge is -2.06. The molecule has 0 saturated heterocycles. The largest absolute Gasteiger partial charge is 0.370 e. The van der Waals surface area contributed by atoms with Crippen LogP contribution in [0.4, 0.5) is 0 Å². The van der Waals surface area contributed by atoms with Crippen molar-refractivity contribution in [2.45, 2.75) is 6.92 Å². The molecule has 4 nitrogen and oxygen atoms in total. The molecule has 88 valence electrons. The number of nitrogens with two attached hydrogens (primary N) is 2. The number of nitrogens with zero attached hydrogens (tertiary/aromatic N) is 2. The van der Waals surface area contributed by atoms with E-state index >= 15 is 0 Å². The number of nitriles is 1. The van der Waals surface area contributed by atoms with Crippen molar-refractivity contribution in [3.63, 3.8) is 0 Å². The smallest absolute Gasteiger partial charge is 0.190 e. The van der Waals surface area contributed by atoms with Gasteiger partial charge in [-0.25, -0.2) is 4.99 Å². The zero-order valence-electron chi connectivity index (χ0n) is 9.04. The SMILES string of the molecule is CC(N=C(N)N)=C(C#N)c1c(Cl)cccc1Cl. The van der Waals surface area contributed by atoms with Crippen LogP contribution < -0.4 is 11.5 Å². The lowest BCUT2D eigenvalue weighted by molar-refractivity contribution is 1.27. The molecule has 0 aromatic heterocycles. The highest BCUT2D eigenvalue weighted by atomic mass is 35.5. The number of halogens is 2. The maximum absolute atomic E-state index is 9.14. The number of guanidine groups is 1. The van der Waals surface area contributed by atoms with E-state index in [2.05, 4.69) is 4.99 Å². The number of benzene rings is 1. The van der Waals surface area contributed by atoms with Gasteiger partial charge in [0, 0.05) is 5.56 Å². The summed E-state index contributed by atoms with van der Waals surface area (Å²) in [7, 11) is 0. The monoisotopic (exact) mass is 268 g/mol. The van der Waals surface area contributed by atoms with E-state index < -0.39 is 0 Å². The van der Waals surface area contributed by atoms with Crippen LogP contribution in [0, 0.1) is 11.3 Å². The summed E-state index contributed by atoms with van der Waals surface area (Å²) in [6.45, 7) is 1.61. The summed E-state index contributed by atoms with van der Waals surface area (Å²) in [5.74, 6) is -0.126. The van der Waals surface area contributed by atoms with Crippen molar-refractivity contribution < 1.29 is 0 Å². The maximum Gasteiger partial charge on any atom is 0.190 e. The van der Waals surface area contributed by atoms with Gasteiger partial charge in [-0.05, 0) is 19.1 Å². The van der Waals surface area contributed by atoms with Gasteiger partial charge < -0.3 is 11.5 Å². The van der Waals surface area contributed by atoms with Crippen LogP contribution in [0.15, 0.2) is 28.9 Å². The molecule has 0 aliphatic carbocycles. The summed E-state index contributed by atoms with van der Waals surface area (Å²) in [5, 5.41) is 9.88. The van der Waals surface area contributed by atoms with Gasteiger partial charge in [0.05, 0.1) is 21.3 Å². The first-order valence-corrected chi connectivity index (χ1v) is 5.38. The van der Waals surface area contributed by atoms with Gasteiger partial charge in [-0.3, -0.25) is 0 Å². The van der Waals surface area contributed by atoms with Crippen molar-refractivity contribution in [3.05, 3.63) is 39.5 Å². The first-order valence-electron chi connectivity index (χ1n) is 4.62. The standard InChI is InChI=1S/C11H10Cl2N4/c1-6(17-11(15)16)7(5-14)10-8(12)3-2-4-9(10)13/h2-4H,1H3,(H4,15,16,17). The average molecular weight is 269 g/mol. The first kappa shape index (κ1) is 13.4. The second-order valence-corrected chi connectivity index (χ2v) is 4.02. The third-order valence-electron chi connectivity index (χ3n) is 1.98. The molecule has 4 N–H and O–H groups in total. The number of hydrogen-bond donors (Lipinski definition) is 2. The second-order valence-electron chi connectivity index (χ2n) is 3.21. The molecule has 1 aromatic rings. The lowest BCUT2D eigenvalue weighted by Crippen LogP contribution is -2.22. The highest BCUT2D eigenvalue weighted by Crippen LogP contribution is 2.32. The third kappa shape index (κ3) is 3.13. The molecule has 1 aromatic carbocycles. The molecule has 1 rings (SSSR count). The minimum Gasteiger partial charge on any atom is -0.370 e. The molecular formula is C11H10Cl2N4. The van der Waals surface area contributed by atoms with E-state index in [1.165, 1.54) is 0 Å². The van der Waals surface area contributed by atoms with Crippen LogP contribution in [0.25, 0.3) is 5.57 Å². The average Bonchev–Trinajstić information content (AvgIpc) is 2.22. The summed E-state index contributed by atoms with van der Waals surface area (Å²) in [6.07, 6.45) is 0. The van der Waals surface area contributed by atoms with Crippen LogP contribution >= 0.6 is 23.2 Å². The highest BCUT2D eigenvalue weighted by Gasteiger charge is 2.13. The van der Waals surface area contributed by atoms with Crippen molar-refractivity contribution in [2.75, 3.05) is 0 Å². The van der Waals surface area contributed by atoms with Crippen molar-refractivity contribution in [3.8, 4) is 6.07 Å². The molecule has 0 aliphatic rings. The topological polar surface area (TPSA) is 88.2 Å². The summed E-state index contributed by atoms with van der Waals surface area (Å²) in [5.41, 5.74) is 11.6. The number of rotatable bonds is 2. The molecule has 0 bridgehead atoms. The van der Waals surface area contributed by atoms with Crippen LogP contribution in [-0.2, 0) is 0 Å². The van der Waals surface area contributed by atoms with Crippen molar-refractivity contribution in [1.82, 2.24) is 0 Å². The third-order valence-corrected chi connectivity index (χ3v) is 2.61. The number of allylic oxidation sites excluding steroid dienone is 2. The van der Waals surface area contributed by atoms with Gasteiger partial charge in [0.15, 0.2) is 5.96 Å². The fourth-order valence-electron chi connectivity index (χ4n) is 1.30. The van der Waals surface area contributed by atoms with Gasteiger partial charge in [0.2, 0.25) is 0 Å². The van der Waals surface area contributed by atoms with Crippen LogP contribution in [0.3, 0.4) is 0 Å². The molecule has 0 fully saturated rings. The van der Waals surface area contributed by atoms with Gasteiger partial charge in [-0.2, -0.15) is 5.26 Å². The maximum atomic E-state index is 9.14. The Balaban J connectivity index is 3.49. The normalized spacial score (nSPS) is 11.4.